The summed E-state index contributed by atoms with van der Waals surface area (Å²) in [6.07, 6.45) is 0.686. The largest absolute Gasteiger partial charge is 1.00 e. The Morgan fingerprint density at radius 2 is 1.33 bits per heavy atom. The summed E-state index contributed by atoms with van der Waals surface area (Å²) in [4.78, 5) is 26.6. The Labute approximate surface area is 99.9 Å². The molecular weight excluding hydrogens is 234 g/mol. The zero-order valence-corrected chi connectivity index (χ0v) is 11.7. The molecule has 3 N–H and O–H groups in total. The van der Waals surface area contributed by atoms with E-state index < -0.39 is 8.80 Å². The molecule has 0 amide bonds. The Hall–Kier alpha value is 0.347. The maximum Gasteiger partial charge on any atom is 0.492 e. The molecule has 0 aliphatic rings. The highest BCUT2D eigenvalue weighted by molar-refractivity contribution is 6.56. The summed E-state index contributed by atoms with van der Waals surface area (Å²) in [5.41, 5.74) is 0. The summed E-state index contributed by atoms with van der Waals surface area (Å²) in [7, 11) is -3.81. The summed E-state index contributed by atoms with van der Waals surface area (Å²) in [6, 6.07) is 0.160. The molecule has 0 saturated carbocycles. The second-order valence-electron chi connectivity index (χ2n) is 3.89. The molecule has 0 aliphatic carbocycles. The molecule has 0 aromatic carbocycles. The van der Waals surface area contributed by atoms with E-state index in [-0.39, 0.29) is 18.5 Å². The van der Waals surface area contributed by atoms with Gasteiger partial charge in [0, 0.05) is 12.5 Å². The van der Waals surface area contributed by atoms with Crippen molar-refractivity contribution in [3.63, 3.8) is 0 Å². The fourth-order valence-electron chi connectivity index (χ4n) is 1.80. The van der Waals surface area contributed by atoms with Gasteiger partial charge in [0.1, 0.15) is 0 Å². The van der Waals surface area contributed by atoms with Crippen molar-refractivity contribution in [1.29, 1.82) is 0 Å². The van der Waals surface area contributed by atoms with Crippen molar-refractivity contribution in [2.45, 2.75) is 33.2 Å². The monoisotopic (exact) mass is 257 g/mol. The van der Waals surface area contributed by atoms with Crippen molar-refractivity contribution in [1.82, 2.24) is 0 Å². The van der Waals surface area contributed by atoms with E-state index >= 15 is 0 Å². The normalized spacial score (nSPS) is 12.4. The third kappa shape index (κ3) is 7.27. The molecule has 0 radical (unpaired) electrons. The van der Waals surface area contributed by atoms with Crippen LogP contribution >= 0.6 is 0 Å². The van der Waals surface area contributed by atoms with Gasteiger partial charge in [-0.2, -0.15) is 0 Å². The Kier molecular flexibility index (Phi) is 8.98. The molecular formula is C9H24ClNO3Si. The Bertz CT molecular complexity index is 152. The zero-order chi connectivity index (χ0) is 11.2. The summed E-state index contributed by atoms with van der Waals surface area (Å²) in [6.45, 7) is 10.5. The topological polar surface area (TPSA) is 60.7 Å². The molecule has 0 rings (SSSR count). The van der Waals surface area contributed by atoms with E-state index in [0.29, 0.717) is 6.42 Å². The lowest BCUT2D eigenvalue weighted by atomic mass is 10.3. The van der Waals surface area contributed by atoms with Gasteiger partial charge in [-0.05, 0) is 20.8 Å². The highest BCUT2D eigenvalue weighted by Crippen LogP contribution is 2.11. The highest BCUT2D eigenvalue weighted by atomic mass is 35.5. The number of nitrogens with zero attached hydrogens (tertiary/aromatic N) is 1. The standard InChI is InChI=1S/C9H24NO3Si.ClH/c1-4-10(5-2,6-3)8-7-9-14(11,12)13;/h11-13H,4-9H2,1-3H3;1H/q+1;/p-1. The molecule has 0 aromatic heterocycles. The summed E-state index contributed by atoms with van der Waals surface area (Å²) in [5.74, 6) is 0. The first-order valence-electron chi connectivity index (χ1n) is 5.41. The Morgan fingerprint density at radius 3 is 1.60 bits per heavy atom. The van der Waals surface area contributed by atoms with Crippen LogP contribution in [0.25, 0.3) is 0 Å². The number of halogens is 1. The van der Waals surface area contributed by atoms with E-state index in [2.05, 4.69) is 20.8 Å². The Balaban J connectivity index is 0. The van der Waals surface area contributed by atoms with E-state index in [4.69, 9.17) is 14.4 Å². The number of quaternary nitrogens is 1. The van der Waals surface area contributed by atoms with Crippen LogP contribution in [0.2, 0.25) is 6.04 Å². The van der Waals surface area contributed by atoms with Crippen LogP contribution in [-0.2, 0) is 0 Å². The van der Waals surface area contributed by atoms with E-state index in [9.17, 15) is 0 Å². The number of hydrogen-bond acceptors (Lipinski definition) is 3. The Morgan fingerprint density at radius 1 is 0.933 bits per heavy atom. The molecule has 15 heavy (non-hydrogen) atoms. The van der Waals surface area contributed by atoms with Gasteiger partial charge < -0.3 is 31.3 Å². The first-order valence-corrected chi connectivity index (χ1v) is 7.46. The molecule has 0 aromatic rings. The van der Waals surface area contributed by atoms with Gasteiger partial charge in [-0.25, -0.2) is 0 Å². The molecule has 0 spiro atoms. The van der Waals surface area contributed by atoms with Crippen molar-refractivity contribution in [2.75, 3.05) is 26.2 Å². The van der Waals surface area contributed by atoms with E-state index in [1.165, 1.54) is 0 Å². The molecule has 0 aliphatic heterocycles. The molecule has 6 heteroatoms. The number of rotatable bonds is 7. The fraction of sp³-hybridized carbons (Fsp3) is 1.00. The van der Waals surface area contributed by atoms with Crippen LogP contribution in [0.5, 0.6) is 0 Å². The van der Waals surface area contributed by atoms with Crippen molar-refractivity contribution in [3.8, 4) is 0 Å². The lowest BCUT2D eigenvalue weighted by Crippen LogP contribution is -3.00. The predicted molar refractivity (Wildman–Crippen MR) is 58.6 cm³/mol. The molecule has 4 nitrogen and oxygen atoms in total. The summed E-state index contributed by atoms with van der Waals surface area (Å²) >= 11 is 0. The average molecular weight is 258 g/mol. The number of hydrogen-bond donors (Lipinski definition) is 3. The lowest BCUT2D eigenvalue weighted by Gasteiger charge is -2.36. The second-order valence-corrected chi connectivity index (χ2v) is 5.94. The second kappa shape index (κ2) is 7.59. The van der Waals surface area contributed by atoms with Crippen molar-refractivity contribution >= 4 is 8.80 Å². The van der Waals surface area contributed by atoms with E-state index in [1.807, 2.05) is 0 Å². The fourth-order valence-corrected chi connectivity index (χ4v) is 2.43. The van der Waals surface area contributed by atoms with Crippen LogP contribution < -0.4 is 12.4 Å². The van der Waals surface area contributed by atoms with Crippen LogP contribution in [0.15, 0.2) is 0 Å². The molecule has 0 fully saturated rings. The lowest BCUT2D eigenvalue weighted by molar-refractivity contribution is -0.923. The first kappa shape index (κ1) is 17.7. The van der Waals surface area contributed by atoms with Gasteiger partial charge in [0.25, 0.3) is 0 Å². The van der Waals surface area contributed by atoms with Crippen molar-refractivity contribution < 1.29 is 31.3 Å². The maximum atomic E-state index is 8.88. The molecule has 94 valence electrons. The van der Waals surface area contributed by atoms with Gasteiger partial charge in [0.15, 0.2) is 0 Å². The van der Waals surface area contributed by atoms with Crippen molar-refractivity contribution in [3.05, 3.63) is 0 Å². The SMILES string of the molecule is CC[N+](CC)(CC)CCC[Si](O)(O)O.[Cl-]. The van der Waals surface area contributed by atoms with Gasteiger partial charge in [-0.15, -0.1) is 0 Å². The van der Waals surface area contributed by atoms with Crippen LogP contribution in [0, 0.1) is 0 Å². The van der Waals surface area contributed by atoms with Gasteiger partial charge in [-0.3, -0.25) is 0 Å². The average Bonchev–Trinajstić information content (AvgIpc) is 2.11. The van der Waals surface area contributed by atoms with Crippen LogP contribution in [0.4, 0.5) is 0 Å². The minimum atomic E-state index is -3.81. The predicted octanol–water partition coefficient (Wildman–Crippen LogP) is -2.83. The summed E-state index contributed by atoms with van der Waals surface area (Å²) in [5, 5.41) is 0. The first-order chi connectivity index (χ1) is 6.39. The quantitative estimate of drug-likeness (QED) is 0.341. The van der Waals surface area contributed by atoms with Crippen LogP contribution in [0.1, 0.15) is 27.2 Å². The van der Waals surface area contributed by atoms with E-state index in [0.717, 1.165) is 30.7 Å². The molecule has 0 heterocycles. The third-order valence-corrected chi connectivity index (χ3v) is 4.18. The third-order valence-electron chi connectivity index (χ3n) is 3.16. The molecule has 0 bridgehead atoms. The maximum absolute atomic E-state index is 8.88. The molecule has 0 atom stereocenters. The highest BCUT2D eigenvalue weighted by Gasteiger charge is 2.28. The van der Waals surface area contributed by atoms with Gasteiger partial charge >= 0.3 is 8.80 Å². The van der Waals surface area contributed by atoms with Gasteiger partial charge in [-0.1, -0.05) is 0 Å². The van der Waals surface area contributed by atoms with Gasteiger partial charge in [0.05, 0.1) is 26.2 Å². The molecule has 0 unspecified atom stereocenters. The van der Waals surface area contributed by atoms with Crippen LogP contribution in [0.3, 0.4) is 0 Å². The zero-order valence-electron chi connectivity index (χ0n) is 9.91. The molecule has 0 saturated heterocycles. The summed E-state index contributed by atoms with van der Waals surface area (Å²) < 4.78 is 0.991. The minimum Gasteiger partial charge on any atom is -1.00 e. The van der Waals surface area contributed by atoms with Crippen LogP contribution in [-0.4, -0.2) is 53.9 Å². The minimum absolute atomic E-state index is 0. The smallest absolute Gasteiger partial charge is 0.492 e. The van der Waals surface area contributed by atoms with Gasteiger partial charge in [0.2, 0.25) is 0 Å². The van der Waals surface area contributed by atoms with Crippen molar-refractivity contribution in [2.24, 2.45) is 0 Å². The van der Waals surface area contributed by atoms with E-state index in [1.54, 1.807) is 0 Å².